The van der Waals surface area contributed by atoms with Gasteiger partial charge in [0, 0.05) is 32.8 Å². The smallest absolute Gasteiger partial charge is 0.159 e. The van der Waals surface area contributed by atoms with Crippen molar-refractivity contribution in [2.24, 2.45) is 9.98 Å². The average Bonchev–Trinajstić information content (AvgIpc) is 3.75. The summed E-state index contributed by atoms with van der Waals surface area (Å²) >= 11 is 0. The van der Waals surface area contributed by atoms with Crippen molar-refractivity contribution in [1.29, 1.82) is 0 Å². The number of aliphatic imine (C=N–C) groups is 2. The van der Waals surface area contributed by atoms with Gasteiger partial charge in [-0.05, 0) is 57.9 Å². The van der Waals surface area contributed by atoms with E-state index in [0.29, 0.717) is 5.84 Å². The summed E-state index contributed by atoms with van der Waals surface area (Å²) in [6, 6.07) is 59.7. The van der Waals surface area contributed by atoms with Crippen LogP contribution in [-0.2, 0) is 0 Å². The van der Waals surface area contributed by atoms with E-state index < -0.39 is 0 Å². The molecule has 1 aliphatic rings. The summed E-state index contributed by atoms with van der Waals surface area (Å²) in [7, 11) is 0. The predicted molar refractivity (Wildman–Crippen MR) is 215 cm³/mol. The lowest BCUT2D eigenvalue weighted by atomic mass is 10.0. The molecule has 0 spiro atoms. The van der Waals surface area contributed by atoms with E-state index in [0.717, 1.165) is 66.6 Å². The third kappa shape index (κ3) is 4.42. The summed E-state index contributed by atoms with van der Waals surface area (Å²) in [4.78, 5) is 10.4. The van der Waals surface area contributed by atoms with Gasteiger partial charge in [0.05, 0.1) is 22.1 Å². The van der Waals surface area contributed by atoms with Crippen LogP contribution < -0.4 is 5.32 Å². The van der Waals surface area contributed by atoms with Crippen LogP contribution in [0.3, 0.4) is 0 Å². The van der Waals surface area contributed by atoms with Crippen LogP contribution >= 0.6 is 0 Å². The monoisotopic (exact) mass is 666 g/mol. The average molecular weight is 667 g/mol. The van der Waals surface area contributed by atoms with Crippen molar-refractivity contribution in [1.82, 2.24) is 9.88 Å². The number of benzene rings is 8. The van der Waals surface area contributed by atoms with Crippen LogP contribution in [0.15, 0.2) is 184 Å². The second-order valence-electron chi connectivity index (χ2n) is 13.4. The van der Waals surface area contributed by atoms with Crippen LogP contribution in [0.4, 0.5) is 0 Å². The largest absolute Gasteiger partial charge is 0.456 e. The zero-order valence-corrected chi connectivity index (χ0v) is 28.0. The molecular weight excluding hydrogens is 637 g/mol. The molecule has 0 amide bonds. The molecule has 244 valence electrons. The fraction of sp³-hybridized carbons (Fsp3) is 0.0213. The van der Waals surface area contributed by atoms with Crippen LogP contribution in [0, 0.1) is 0 Å². The van der Waals surface area contributed by atoms with Crippen molar-refractivity contribution in [3.63, 3.8) is 0 Å². The molecule has 11 rings (SSSR count). The van der Waals surface area contributed by atoms with Gasteiger partial charge in [-0.15, -0.1) is 0 Å². The van der Waals surface area contributed by atoms with E-state index in [1.807, 2.05) is 30.3 Å². The van der Waals surface area contributed by atoms with Crippen LogP contribution in [0.1, 0.15) is 22.9 Å². The Morgan fingerprint density at radius 1 is 0.500 bits per heavy atom. The number of para-hydroxylation sites is 2. The summed E-state index contributed by atoms with van der Waals surface area (Å²) in [5.41, 5.74) is 7.94. The molecule has 0 bridgehead atoms. The van der Waals surface area contributed by atoms with Crippen LogP contribution in [0.25, 0.3) is 71.0 Å². The maximum Gasteiger partial charge on any atom is 0.159 e. The molecule has 0 saturated carbocycles. The standard InChI is InChI=1S/C47H30N4O/c1-2-14-30(15-3-1)45-48-46(50-47(49-45)36-22-12-18-29-13-6-7-19-34(29)36)33-27-41(44-37-21-9-11-24-42(37)52-43(44)28-33)51-39-23-10-8-20-35(39)38-25-31-16-4-5-17-32(31)26-40(38)51/h1-28,47H,(H,48,49,50). The van der Waals surface area contributed by atoms with E-state index in [4.69, 9.17) is 14.4 Å². The van der Waals surface area contributed by atoms with Gasteiger partial charge in [0.25, 0.3) is 0 Å². The Kier molecular flexibility index (Phi) is 6.25. The van der Waals surface area contributed by atoms with Crippen LogP contribution in [-0.4, -0.2) is 16.2 Å². The molecule has 1 N–H and O–H groups in total. The summed E-state index contributed by atoms with van der Waals surface area (Å²) in [5.74, 6) is 1.42. The maximum atomic E-state index is 6.67. The van der Waals surface area contributed by atoms with Crippen molar-refractivity contribution in [3.8, 4) is 5.69 Å². The number of fused-ring (bicyclic) bond motifs is 8. The zero-order valence-electron chi connectivity index (χ0n) is 28.0. The van der Waals surface area contributed by atoms with Gasteiger partial charge in [0.1, 0.15) is 23.2 Å². The van der Waals surface area contributed by atoms with Crippen molar-refractivity contribution in [2.45, 2.75) is 6.17 Å². The number of amidine groups is 2. The van der Waals surface area contributed by atoms with Crippen molar-refractivity contribution in [2.75, 3.05) is 0 Å². The normalized spacial score (nSPS) is 14.7. The zero-order chi connectivity index (χ0) is 34.2. The molecule has 0 aliphatic carbocycles. The SMILES string of the molecule is c1ccc(C2=NC(c3cccc4ccccc34)NC(c3cc(-n4c5ccccc5c5cc6ccccc6cc54)c4c(c3)oc3ccccc34)=N2)cc1. The molecule has 1 unspecified atom stereocenters. The summed E-state index contributed by atoms with van der Waals surface area (Å²) < 4.78 is 9.08. The van der Waals surface area contributed by atoms with Crippen LogP contribution in [0.2, 0.25) is 0 Å². The molecule has 0 fully saturated rings. The van der Waals surface area contributed by atoms with Crippen molar-refractivity contribution in [3.05, 3.63) is 187 Å². The quantitative estimate of drug-likeness (QED) is 0.203. The number of furan rings is 1. The number of nitrogens with one attached hydrogen (secondary N) is 1. The molecular formula is C47H30N4O. The van der Waals surface area contributed by atoms with Crippen molar-refractivity contribution < 1.29 is 4.42 Å². The highest BCUT2D eigenvalue weighted by molar-refractivity contribution is 6.19. The molecule has 52 heavy (non-hydrogen) atoms. The van der Waals surface area contributed by atoms with Gasteiger partial charge in [-0.1, -0.05) is 133 Å². The fourth-order valence-corrected chi connectivity index (χ4v) is 8.02. The fourth-order valence-electron chi connectivity index (χ4n) is 8.02. The van der Waals surface area contributed by atoms with E-state index in [-0.39, 0.29) is 6.17 Å². The Morgan fingerprint density at radius 2 is 1.19 bits per heavy atom. The summed E-state index contributed by atoms with van der Waals surface area (Å²) in [6.07, 6.45) is -0.358. The topological polar surface area (TPSA) is 54.8 Å². The highest BCUT2D eigenvalue weighted by Crippen LogP contribution is 2.41. The van der Waals surface area contributed by atoms with Gasteiger partial charge in [0.2, 0.25) is 0 Å². The maximum absolute atomic E-state index is 6.67. The van der Waals surface area contributed by atoms with Gasteiger partial charge in [-0.25, -0.2) is 9.98 Å². The summed E-state index contributed by atoms with van der Waals surface area (Å²) in [6.45, 7) is 0. The number of hydrogen-bond donors (Lipinski definition) is 1. The molecule has 0 saturated heterocycles. The first kappa shape index (κ1) is 28.8. The van der Waals surface area contributed by atoms with E-state index in [2.05, 4.69) is 149 Å². The van der Waals surface area contributed by atoms with Crippen LogP contribution in [0.5, 0.6) is 0 Å². The van der Waals surface area contributed by atoms with Gasteiger partial charge in [-0.3, -0.25) is 0 Å². The number of hydrogen-bond acceptors (Lipinski definition) is 4. The second kappa shape index (κ2) is 11.3. The molecule has 2 aromatic heterocycles. The first-order chi connectivity index (χ1) is 25.8. The number of nitrogens with zero attached hydrogens (tertiary/aromatic N) is 3. The van der Waals surface area contributed by atoms with E-state index >= 15 is 0 Å². The first-order valence-corrected chi connectivity index (χ1v) is 17.6. The van der Waals surface area contributed by atoms with E-state index in [1.165, 1.54) is 26.9 Å². The molecule has 1 atom stereocenters. The molecule has 3 heterocycles. The molecule has 10 aromatic rings. The molecule has 1 aliphatic heterocycles. The highest BCUT2D eigenvalue weighted by atomic mass is 16.3. The molecule has 8 aromatic carbocycles. The van der Waals surface area contributed by atoms with E-state index in [9.17, 15) is 0 Å². The Bertz CT molecular complexity index is 3110. The molecule has 5 heteroatoms. The van der Waals surface area contributed by atoms with Crippen molar-refractivity contribution >= 4 is 77.0 Å². The third-order valence-corrected chi connectivity index (χ3v) is 10.4. The van der Waals surface area contributed by atoms with E-state index in [1.54, 1.807) is 0 Å². The minimum Gasteiger partial charge on any atom is -0.456 e. The van der Waals surface area contributed by atoms with Gasteiger partial charge >= 0.3 is 0 Å². The minimum absolute atomic E-state index is 0.358. The third-order valence-electron chi connectivity index (χ3n) is 10.4. The summed E-state index contributed by atoms with van der Waals surface area (Å²) in [5, 5.41) is 13.1. The van der Waals surface area contributed by atoms with Gasteiger partial charge in [-0.2, -0.15) is 0 Å². The predicted octanol–water partition coefficient (Wildman–Crippen LogP) is 11.5. The number of rotatable bonds is 4. The first-order valence-electron chi connectivity index (χ1n) is 17.6. The van der Waals surface area contributed by atoms with Gasteiger partial charge in [0.15, 0.2) is 5.84 Å². The second-order valence-corrected chi connectivity index (χ2v) is 13.4. The Balaban J connectivity index is 1.20. The Labute approximate surface area is 298 Å². The lowest BCUT2D eigenvalue weighted by Crippen LogP contribution is -2.33. The lowest BCUT2D eigenvalue weighted by molar-refractivity contribution is 0.667. The molecule has 0 radical (unpaired) electrons. The lowest BCUT2D eigenvalue weighted by Gasteiger charge is -2.25. The number of aromatic nitrogens is 1. The Morgan fingerprint density at radius 3 is 2.06 bits per heavy atom. The highest BCUT2D eigenvalue weighted by Gasteiger charge is 2.25. The molecule has 5 nitrogen and oxygen atoms in total. The van der Waals surface area contributed by atoms with Gasteiger partial charge < -0.3 is 14.3 Å². The Hall–Kier alpha value is -6.98. The minimum atomic E-state index is -0.358.